The SMILES string of the molecule is Cc1cccc(C(=O)NCCC2CCCC2)c1I. The molecule has 18 heavy (non-hydrogen) atoms. The van der Waals surface area contributed by atoms with Crippen LogP contribution in [0.1, 0.15) is 48.0 Å². The van der Waals surface area contributed by atoms with E-state index in [1.807, 2.05) is 25.1 Å². The molecule has 98 valence electrons. The van der Waals surface area contributed by atoms with Gasteiger partial charge in [0, 0.05) is 10.1 Å². The summed E-state index contributed by atoms with van der Waals surface area (Å²) in [5.41, 5.74) is 1.97. The van der Waals surface area contributed by atoms with Crippen LogP contribution in [-0.2, 0) is 0 Å². The van der Waals surface area contributed by atoms with Crippen molar-refractivity contribution in [3.63, 3.8) is 0 Å². The second-order valence-electron chi connectivity index (χ2n) is 5.13. The lowest BCUT2D eigenvalue weighted by Crippen LogP contribution is -2.26. The number of hydrogen-bond acceptors (Lipinski definition) is 1. The van der Waals surface area contributed by atoms with Gasteiger partial charge in [0.15, 0.2) is 0 Å². The molecule has 0 bridgehead atoms. The number of carbonyl (C=O) groups excluding carboxylic acids is 1. The van der Waals surface area contributed by atoms with Gasteiger partial charge in [-0.1, -0.05) is 37.8 Å². The van der Waals surface area contributed by atoms with Gasteiger partial charge in [-0.25, -0.2) is 0 Å². The van der Waals surface area contributed by atoms with E-state index in [9.17, 15) is 4.79 Å². The van der Waals surface area contributed by atoms with Gasteiger partial charge in [0.05, 0.1) is 5.56 Å². The highest BCUT2D eigenvalue weighted by molar-refractivity contribution is 14.1. The zero-order valence-electron chi connectivity index (χ0n) is 10.8. The molecule has 1 fully saturated rings. The molecule has 3 heteroatoms. The highest BCUT2D eigenvalue weighted by Crippen LogP contribution is 2.27. The molecule has 0 radical (unpaired) electrons. The second kappa shape index (κ2) is 6.55. The summed E-state index contributed by atoms with van der Waals surface area (Å²) in [5.74, 6) is 0.906. The number of hydrogen-bond donors (Lipinski definition) is 1. The van der Waals surface area contributed by atoms with Crippen molar-refractivity contribution >= 4 is 28.5 Å². The Hall–Kier alpha value is -0.580. The lowest BCUT2D eigenvalue weighted by molar-refractivity contribution is 0.0950. The zero-order chi connectivity index (χ0) is 13.0. The molecule has 0 heterocycles. The topological polar surface area (TPSA) is 29.1 Å². The molecular formula is C15H20INO. The Morgan fingerprint density at radius 1 is 1.39 bits per heavy atom. The Kier molecular flexibility index (Phi) is 5.03. The molecule has 2 rings (SSSR count). The van der Waals surface area contributed by atoms with E-state index < -0.39 is 0 Å². The normalized spacial score (nSPS) is 15.9. The number of nitrogens with one attached hydrogen (secondary N) is 1. The number of rotatable bonds is 4. The van der Waals surface area contributed by atoms with Crippen LogP contribution >= 0.6 is 22.6 Å². The lowest BCUT2D eigenvalue weighted by atomic mass is 10.0. The van der Waals surface area contributed by atoms with Crippen molar-refractivity contribution in [1.29, 1.82) is 0 Å². The molecule has 0 saturated heterocycles. The van der Waals surface area contributed by atoms with Gasteiger partial charge in [0.25, 0.3) is 5.91 Å². The van der Waals surface area contributed by atoms with E-state index in [0.717, 1.165) is 28.0 Å². The molecule has 2 nitrogen and oxygen atoms in total. The minimum absolute atomic E-state index is 0.0705. The summed E-state index contributed by atoms with van der Waals surface area (Å²) in [6.45, 7) is 2.85. The Morgan fingerprint density at radius 3 is 2.83 bits per heavy atom. The summed E-state index contributed by atoms with van der Waals surface area (Å²) in [5, 5.41) is 3.05. The summed E-state index contributed by atoms with van der Waals surface area (Å²) in [6.07, 6.45) is 6.56. The Balaban J connectivity index is 1.85. The monoisotopic (exact) mass is 357 g/mol. The van der Waals surface area contributed by atoms with Crippen LogP contribution in [0.3, 0.4) is 0 Å². The number of aryl methyl sites for hydroxylation is 1. The second-order valence-corrected chi connectivity index (χ2v) is 6.21. The summed E-state index contributed by atoms with van der Waals surface area (Å²) in [4.78, 5) is 12.1. The van der Waals surface area contributed by atoms with Crippen LogP contribution in [-0.4, -0.2) is 12.5 Å². The van der Waals surface area contributed by atoms with Gasteiger partial charge in [-0.15, -0.1) is 0 Å². The smallest absolute Gasteiger partial charge is 0.252 e. The van der Waals surface area contributed by atoms with Crippen LogP contribution < -0.4 is 5.32 Å². The maximum absolute atomic E-state index is 12.1. The third-order valence-electron chi connectivity index (χ3n) is 3.75. The fraction of sp³-hybridized carbons (Fsp3) is 0.533. The predicted octanol–water partition coefficient (Wildman–Crippen LogP) is 3.91. The zero-order valence-corrected chi connectivity index (χ0v) is 13.0. The van der Waals surface area contributed by atoms with Crippen LogP contribution in [0.15, 0.2) is 18.2 Å². The van der Waals surface area contributed by atoms with E-state index in [1.165, 1.54) is 31.2 Å². The summed E-state index contributed by atoms with van der Waals surface area (Å²) in [6, 6.07) is 5.89. The third-order valence-corrected chi connectivity index (χ3v) is 5.18. The average molecular weight is 357 g/mol. The van der Waals surface area contributed by atoms with Gasteiger partial charge in [-0.3, -0.25) is 4.79 Å². The fourth-order valence-corrected chi connectivity index (χ4v) is 3.21. The molecule has 1 aliphatic carbocycles. The number of halogens is 1. The van der Waals surface area contributed by atoms with E-state index in [0.29, 0.717) is 0 Å². The third kappa shape index (κ3) is 3.46. The molecular weight excluding hydrogens is 337 g/mol. The van der Waals surface area contributed by atoms with Crippen molar-refractivity contribution in [1.82, 2.24) is 5.32 Å². The summed E-state index contributed by atoms with van der Waals surface area (Å²) in [7, 11) is 0. The maximum Gasteiger partial charge on any atom is 0.252 e. The van der Waals surface area contributed by atoms with Crippen molar-refractivity contribution in [2.75, 3.05) is 6.54 Å². The Morgan fingerprint density at radius 2 is 2.11 bits per heavy atom. The fourth-order valence-electron chi connectivity index (χ4n) is 2.61. The Bertz CT molecular complexity index is 425. The largest absolute Gasteiger partial charge is 0.352 e. The highest BCUT2D eigenvalue weighted by atomic mass is 127. The molecule has 0 atom stereocenters. The van der Waals surface area contributed by atoms with Gasteiger partial charge < -0.3 is 5.32 Å². The van der Waals surface area contributed by atoms with E-state index in [4.69, 9.17) is 0 Å². The van der Waals surface area contributed by atoms with Crippen LogP contribution in [0.2, 0.25) is 0 Å². The molecule has 0 unspecified atom stereocenters. The molecule has 1 aliphatic rings. The van der Waals surface area contributed by atoms with Crippen LogP contribution in [0.25, 0.3) is 0 Å². The van der Waals surface area contributed by atoms with E-state index in [2.05, 4.69) is 27.9 Å². The Labute approximate surface area is 123 Å². The molecule has 1 aromatic rings. The molecule has 1 amide bonds. The van der Waals surface area contributed by atoms with Crippen molar-refractivity contribution < 1.29 is 4.79 Å². The van der Waals surface area contributed by atoms with Gasteiger partial charge >= 0.3 is 0 Å². The van der Waals surface area contributed by atoms with E-state index in [1.54, 1.807) is 0 Å². The molecule has 0 aliphatic heterocycles. The first kappa shape index (κ1) is 13.8. The minimum atomic E-state index is 0.0705. The number of carbonyl (C=O) groups is 1. The van der Waals surface area contributed by atoms with Gasteiger partial charge in [0.2, 0.25) is 0 Å². The summed E-state index contributed by atoms with van der Waals surface area (Å²) >= 11 is 2.25. The summed E-state index contributed by atoms with van der Waals surface area (Å²) < 4.78 is 1.06. The maximum atomic E-state index is 12.1. The van der Waals surface area contributed by atoms with Gasteiger partial charge in [-0.05, 0) is 53.5 Å². The molecule has 1 aromatic carbocycles. The molecule has 1 saturated carbocycles. The van der Waals surface area contributed by atoms with Crippen molar-refractivity contribution in [3.8, 4) is 0 Å². The quantitative estimate of drug-likeness (QED) is 0.814. The van der Waals surface area contributed by atoms with Crippen molar-refractivity contribution in [3.05, 3.63) is 32.9 Å². The van der Waals surface area contributed by atoms with Gasteiger partial charge in [-0.2, -0.15) is 0 Å². The molecule has 0 spiro atoms. The lowest BCUT2D eigenvalue weighted by Gasteiger charge is -2.11. The number of amides is 1. The highest BCUT2D eigenvalue weighted by Gasteiger charge is 2.15. The molecule has 0 aromatic heterocycles. The first-order valence-electron chi connectivity index (χ1n) is 6.72. The van der Waals surface area contributed by atoms with Crippen molar-refractivity contribution in [2.45, 2.75) is 39.0 Å². The molecule has 1 N–H and O–H groups in total. The van der Waals surface area contributed by atoms with E-state index in [-0.39, 0.29) is 5.91 Å². The number of benzene rings is 1. The van der Waals surface area contributed by atoms with Crippen LogP contribution in [0.5, 0.6) is 0 Å². The predicted molar refractivity (Wildman–Crippen MR) is 82.8 cm³/mol. The standard InChI is InChI=1S/C15H20INO/c1-11-5-4-8-13(14(11)16)15(18)17-10-9-12-6-2-3-7-12/h4-5,8,12H,2-3,6-7,9-10H2,1H3,(H,17,18). The van der Waals surface area contributed by atoms with Crippen LogP contribution in [0.4, 0.5) is 0 Å². The van der Waals surface area contributed by atoms with Crippen LogP contribution in [0, 0.1) is 16.4 Å². The van der Waals surface area contributed by atoms with E-state index >= 15 is 0 Å². The van der Waals surface area contributed by atoms with Gasteiger partial charge in [0.1, 0.15) is 0 Å². The first-order valence-corrected chi connectivity index (χ1v) is 7.79. The minimum Gasteiger partial charge on any atom is -0.352 e. The average Bonchev–Trinajstić information content (AvgIpc) is 2.85. The first-order chi connectivity index (χ1) is 8.68. The van der Waals surface area contributed by atoms with Crippen molar-refractivity contribution in [2.24, 2.45) is 5.92 Å².